The fraction of sp³-hybridized carbons (Fsp3) is 0.385. The van der Waals surface area contributed by atoms with Gasteiger partial charge in [0.1, 0.15) is 17.5 Å². The number of amides is 2. The van der Waals surface area contributed by atoms with Gasteiger partial charge in [-0.2, -0.15) is 0 Å². The van der Waals surface area contributed by atoms with E-state index in [1.165, 1.54) is 14.2 Å². The van der Waals surface area contributed by atoms with Crippen molar-refractivity contribution in [2.75, 3.05) is 26.6 Å². The molecule has 1 N–H and O–H groups in total. The third-order valence-corrected chi connectivity index (χ3v) is 3.12. The molecule has 1 saturated heterocycles. The molecule has 19 heavy (non-hydrogen) atoms. The van der Waals surface area contributed by atoms with Crippen molar-refractivity contribution >= 4 is 17.5 Å². The zero-order chi connectivity index (χ0) is 14.0. The first-order chi connectivity index (χ1) is 9.06. The van der Waals surface area contributed by atoms with Gasteiger partial charge in [-0.3, -0.25) is 14.5 Å². The lowest BCUT2D eigenvalue weighted by Crippen LogP contribution is -2.31. The van der Waals surface area contributed by atoms with Gasteiger partial charge >= 0.3 is 0 Å². The standard InChI is InChI=1S/C13H16N2O4/c1-15-12(16)7-10(13(15)17)14-9-5-4-8(18-2)6-11(9)19-3/h4-6,10,14H,7H2,1-3H3. The predicted molar refractivity (Wildman–Crippen MR) is 69.4 cm³/mol. The van der Waals surface area contributed by atoms with Crippen LogP contribution in [-0.4, -0.2) is 44.0 Å². The number of ether oxygens (including phenoxy) is 2. The van der Waals surface area contributed by atoms with Crippen LogP contribution in [0.5, 0.6) is 11.5 Å². The molecule has 1 aromatic rings. The SMILES string of the molecule is COc1ccc(NC2CC(=O)N(C)C2=O)c(OC)c1. The lowest BCUT2D eigenvalue weighted by Gasteiger charge is -2.16. The Morgan fingerprint density at radius 2 is 2.00 bits per heavy atom. The highest BCUT2D eigenvalue weighted by Gasteiger charge is 2.36. The van der Waals surface area contributed by atoms with Crippen molar-refractivity contribution in [3.63, 3.8) is 0 Å². The summed E-state index contributed by atoms with van der Waals surface area (Å²) in [4.78, 5) is 24.4. The Morgan fingerprint density at radius 3 is 2.53 bits per heavy atom. The summed E-state index contributed by atoms with van der Waals surface area (Å²) in [5, 5.41) is 3.03. The Balaban J connectivity index is 2.20. The van der Waals surface area contributed by atoms with Gasteiger partial charge in [-0.25, -0.2) is 0 Å². The largest absolute Gasteiger partial charge is 0.497 e. The fourth-order valence-electron chi connectivity index (χ4n) is 1.97. The summed E-state index contributed by atoms with van der Waals surface area (Å²) >= 11 is 0. The van der Waals surface area contributed by atoms with Gasteiger partial charge in [-0.05, 0) is 12.1 Å². The van der Waals surface area contributed by atoms with Crippen LogP contribution in [-0.2, 0) is 9.59 Å². The lowest BCUT2D eigenvalue weighted by atomic mass is 10.2. The number of likely N-dealkylation sites (N-methyl/N-ethyl adjacent to an activating group) is 1. The van der Waals surface area contributed by atoms with E-state index in [1.54, 1.807) is 25.3 Å². The molecule has 0 aliphatic carbocycles. The maximum atomic E-state index is 11.8. The predicted octanol–water partition coefficient (Wildman–Crippen LogP) is 0.873. The Kier molecular flexibility index (Phi) is 3.59. The van der Waals surface area contributed by atoms with Crippen molar-refractivity contribution < 1.29 is 19.1 Å². The minimum Gasteiger partial charge on any atom is -0.497 e. The van der Waals surface area contributed by atoms with Crippen molar-refractivity contribution in [3.8, 4) is 11.5 Å². The van der Waals surface area contributed by atoms with E-state index < -0.39 is 6.04 Å². The molecule has 1 atom stereocenters. The molecule has 1 aromatic carbocycles. The number of carbonyl (C=O) groups is 2. The summed E-state index contributed by atoms with van der Waals surface area (Å²) in [6.45, 7) is 0. The van der Waals surface area contributed by atoms with E-state index in [2.05, 4.69) is 5.32 Å². The van der Waals surface area contributed by atoms with Crippen molar-refractivity contribution in [2.24, 2.45) is 0 Å². The van der Waals surface area contributed by atoms with Crippen LogP contribution in [0.3, 0.4) is 0 Å². The van der Waals surface area contributed by atoms with Crippen LogP contribution in [0.1, 0.15) is 6.42 Å². The molecule has 1 fully saturated rings. The van der Waals surface area contributed by atoms with Gasteiger partial charge in [-0.1, -0.05) is 0 Å². The second kappa shape index (κ2) is 5.17. The summed E-state index contributed by atoms with van der Waals surface area (Å²) in [6, 6.07) is 4.69. The molecule has 2 amide bonds. The van der Waals surface area contributed by atoms with E-state index in [9.17, 15) is 9.59 Å². The van der Waals surface area contributed by atoms with E-state index in [0.29, 0.717) is 17.2 Å². The summed E-state index contributed by atoms with van der Waals surface area (Å²) < 4.78 is 10.3. The molecule has 0 aromatic heterocycles. The molecule has 1 aliphatic heterocycles. The Hall–Kier alpha value is -2.24. The molecule has 1 unspecified atom stereocenters. The molecule has 0 radical (unpaired) electrons. The zero-order valence-corrected chi connectivity index (χ0v) is 11.1. The quantitative estimate of drug-likeness (QED) is 0.817. The first-order valence-electron chi connectivity index (χ1n) is 5.85. The van der Waals surface area contributed by atoms with E-state index in [0.717, 1.165) is 4.90 Å². The molecular formula is C13H16N2O4. The molecule has 0 bridgehead atoms. The lowest BCUT2D eigenvalue weighted by molar-refractivity contribution is -0.136. The molecular weight excluding hydrogens is 248 g/mol. The van der Waals surface area contributed by atoms with Crippen LogP contribution >= 0.6 is 0 Å². The molecule has 2 rings (SSSR count). The molecule has 1 aliphatic rings. The van der Waals surface area contributed by atoms with Gasteiger partial charge in [0, 0.05) is 13.1 Å². The third-order valence-electron chi connectivity index (χ3n) is 3.12. The van der Waals surface area contributed by atoms with Crippen LogP contribution < -0.4 is 14.8 Å². The topological polar surface area (TPSA) is 67.9 Å². The average Bonchev–Trinajstić information content (AvgIpc) is 2.67. The van der Waals surface area contributed by atoms with E-state index in [1.807, 2.05) is 0 Å². The summed E-state index contributed by atoms with van der Waals surface area (Å²) in [6.07, 6.45) is 0.157. The number of likely N-dealkylation sites (tertiary alicyclic amines) is 1. The number of hydrogen-bond donors (Lipinski definition) is 1. The molecule has 0 spiro atoms. The second-order valence-corrected chi connectivity index (χ2v) is 4.26. The normalized spacial score (nSPS) is 18.7. The number of rotatable bonds is 4. The van der Waals surface area contributed by atoms with Gasteiger partial charge in [0.05, 0.1) is 26.3 Å². The summed E-state index contributed by atoms with van der Waals surface area (Å²) in [5.74, 6) is 0.806. The smallest absolute Gasteiger partial charge is 0.251 e. The van der Waals surface area contributed by atoms with Crippen molar-refractivity contribution in [1.82, 2.24) is 4.90 Å². The van der Waals surface area contributed by atoms with Crippen molar-refractivity contribution in [2.45, 2.75) is 12.5 Å². The van der Waals surface area contributed by atoms with Gasteiger partial charge in [0.15, 0.2) is 0 Å². The van der Waals surface area contributed by atoms with Crippen LogP contribution in [0.25, 0.3) is 0 Å². The number of methoxy groups -OCH3 is 2. The zero-order valence-electron chi connectivity index (χ0n) is 11.1. The first kappa shape index (κ1) is 13.2. The van der Waals surface area contributed by atoms with Gasteiger partial charge in [0.25, 0.3) is 5.91 Å². The van der Waals surface area contributed by atoms with Crippen LogP contribution in [0, 0.1) is 0 Å². The second-order valence-electron chi connectivity index (χ2n) is 4.26. The van der Waals surface area contributed by atoms with Crippen LogP contribution in [0.15, 0.2) is 18.2 Å². The highest BCUT2D eigenvalue weighted by molar-refractivity contribution is 6.06. The average molecular weight is 264 g/mol. The number of nitrogens with one attached hydrogen (secondary N) is 1. The number of benzene rings is 1. The highest BCUT2D eigenvalue weighted by atomic mass is 16.5. The molecule has 6 heteroatoms. The number of imide groups is 1. The Morgan fingerprint density at radius 1 is 1.26 bits per heavy atom. The van der Waals surface area contributed by atoms with Gasteiger partial charge < -0.3 is 14.8 Å². The molecule has 102 valence electrons. The maximum absolute atomic E-state index is 11.8. The van der Waals surface area contributed by atoms with E-state index >= 15 is 0 Å². The van der Waals surface area contributed by atoms with Gasteiger partial charge in [-0.15, -0.1) is 0 Å². The monoisotopic (exact) mass is 264 g/mol. The summed E-state index contributed by atoms with van der Waals surface area (Å²) in [5.41, 5.74) is 0.657. The Bertz CT molecular complexity index is 515. The molecule has 1 heterocycles. The fourth-order valence-corrected chi connectivity index (χ4v) is 1.97. The van der Waals surface area contributed by atoms with E-state index in [4.69, 9.17) is 9.47 Å². The number of anilines is 1. The third kappa shape index (κ3) is 2.47. The number of hydrogen-bond acceptors (Lipinski definition) is 5. The van der Waals surface area contributed by atoms with Crippen LogP contribution in [0.2, 0.25) is 0 Å². The molecule has 0 saturated carbocycles. The van der Waals surface area contributed by atoms with Crippen LogP contribution in [0.4, 0.5) is 5.69 Å². The number of nitrogens with zero attached hydrogens (tertiary/aromatic N) is 1. The number of carbonyl (C=O) groups excluding carboxylic acids is 2. The van der Waals surface area contributed by atoms with Crippen molar-refractivity contribution in [1.29, 1.82) is 0 Å². The molecule has 6 nitrogen and oxygen atoms in total. The van der Waals surface area contributed by atoms with Gasteiger partial charge in [0.2, 0.25) is 5.91 Å². The highest BCUT2D eigenvalue weighted by Crippen LogP contribution is 2.30. The Labute approximate surface area is 111 Å². The minimum absolute atomic E-state index is 0.157. The van der Waals surface area contributed by atoms with Crippen molar-refractivity contribution in [3.05, 3.63) is 18.2 Å². The maximum Gasteiger partial charge on any atom is 0.251 e. The first-order valence-corrected chi connectivity index (χ1v) is 5.85. The minimum atomic E-state index is -0.542. The van der Waals surface area contributed by atoms with E-state index in [-0.39, 0.29) is 18.2 Å². The summed E-state index contributed by atoms with van der Waals surface area (Å²) in [7, 11) is 4.58.